The molecule has 0 aliphatic heterocycles. The van der Waals surface area contributed by atoms with Crippen molar-refractivity contribution in [3.8, 4) is 0 Å². The highest BCUT2D eigenvalue weighted by molar-refractivity contribution is 6.19. The summed E-state index contributed by atoms with van der Waals surface area (Å²) in [6.07, 6.45) is 4.51. The Morgan fingerprint density at radius 3 is 2.35 bits per heavy atom. The molecule has 4 heteroatoms. The van der Waals surface area contributed by atoms with Gasteiger partial charge in [-0.25, -0.2) is 0 Å². The monoisotopic (exact) mass is 263 g/mol. The maximum Gasteiger partial charge on any atom is 0.229 e. The Morgan fingerprint density at radius 2 is 1.88 bits per heavy atom. The predicted molar refractivity (Wildman–Crippen MR) is 72.3 cm³/mol. The third-order valence-corrected chi connectivity index (χ3v) is 3.52. The SMILES string of the molecule is CCCCCCN(CCO)C(=O)C(C)(C)CCl. The van der Waals surface area contributed by atoms with Crippen molar-refractivity contribution in [2.45, 2.75) is 46.5 Å². The first-order valence-electron chi connectivity index (χ1n) is 6.45. The van der Waals surface area contributed by atoms with E-state index >= 15 is 0 Å². The van der Waals surface area contributed by atoms with Crippen LogP contribution in [-0.4, -0.2) is 41.5 Å². The van der Waals surface area contributed by atoms with Gasteiger partial charge in [-0.15, -0.1) is 11.6 Å². The quantitative estimate of drug-likeness (QED) is 0.513. The van der Waals surface area contributed by atoms with Gasteiger partial charge in [0.25, 0.3) is 0 Å². The van der Waals surface area contributed by atoms with Gasteiger partial charge in [0, 0.05) is 19.0 Å². The molecule has 0 aliphatic rings. The molecule has 0 saturated carbocycles. The lowest BCUT2D eigenvalue weighted by atomic mass is 9.94. The van der Waals surface area contributed by atoms with Crippen LogP contribution in [0.25, 0.3) is 0 Å². The first-order valence-corrected chi connectivity index (χ1v) is 6.99. The molecule has 0 radical (unpaired) electrons. The summed E-state index contributed by atoms with van der Waals surface area (Å²) < 4.78 is 0. The lowest BCUT2D eigenvalue weighted by Gasteiger charge is -2.30. The topological polar surface area (TPSA) is 40.5 Å². The maximum absolute atomic E-state index is 12.2. The summed E-state index contributed by atoms with van der Waals surface area (Å²) in [6, 6.07) is 0. The molecule has 102 valence electrons. The number of rotatable bonds is 9. The molecule has 0 saturated heterocycles. The summed E-state index contributed by atoms with van der Waals surface area (Å²) >= 11 is 5.81. The standard InChI is InChI=1S/C13H26ClNO2/c1-4-5-6-7-8-15(9-10-16)12(17)13(2,3)11-14/h16H,4-11H2,1-3H3. The molecule has 0 aromatic rings. The number of hydrogen-bond acceptors (Lipinski definition) is 2. The van der Waals surface area contributed by atoms with Crippen molar-refractivity contribution in [2.75, 3.05) is 25.6 Å². The second-order valence-electron chi connectivity index (χ2n) is 5.09. The van der Waals surface area contributed by atoms with Gasteiger partial charge in [0.15, 0.2) is 0 Å². The molecular formula is C13H26ClNO2. The number of carbonyl (C=O) groups is 1. The van der Waals surface area contributed by atoms with Crippen molar-refractivity contribution in [3.05, 3.63) is 0 Å². The van der Waals surface area contributed by atoms with Crippen molar-refractivity contribution in [3.63, 3.8) is 0 Å². The summed E-state index contributed by atoms with van der Waals surface area (Å²) in [6.45, 7) is 6.99. The number of halogens is 1. The lowest BCUT2D eigenvalue weighted by molar-refractivity contribution is -0.139. The average molecular weight is 264 g/mol. The summed E-state index contributed by atoms with van der Waals surface area (Å²) in [7, 11) is 0. The molecule has 0 aliphatic carbocycles. The van der Waals surface area contributed by atoms with Crippen LogP contribution >= 0.6 is 11.6 Å². The zero-order chi connectivity index (χ0) is 13.3. The molecule has 1 N–H and O–H groups in total. The predicted octanol–water partition coefficient (Wildman–Crippen LogP) is 2.65. The van der Waals surface area contributed by atoms with E-state index in [9.17, 15) is 4.79 Å². The normalized spacial score (nSPS) is 11.6. The molecule has 1 amide bonds. The van der Waals surface area contributed by atoms with Crippen molar-refractivity contribution < 1.29 is 9.90 Å². The zero-order valence-corrected chi connectivity index (χ0v) is 12.1. The van der Waals surface area contributed by atoms with Crippen LogP contribution in [0.2, 0.25) is 0 Å². The van der Waals surface area contributed by atoms with E-state index in [1.807, 2.05) is 13.8 Å². The summed E-state index contributed by atoms with van der Waals surface area (Å²) in [5, 5.41) is 9.00. The molecule has 0 bridgehead atoms. The molecule has 0 fully saturated rings. The number of unbranched alkanes of at least 4 members (excludes halogenated alkanes) is 3. The van der Waals surface area contributed by atoms with Crippen molar-refractivity contribution in [2.24, 2.45) is 5.41 Å². The number of carbonyl (C=O) groups excluding carboxylic acids is 1. The third kappa shape index (κ3) is 6.27. The van der Waals surface area contributed by atoms with Gasteiger partial charge in [-0.3, -0.25) is 4.79 Å². The minimum atomic E-state index is -0.540. The fourth-order valence-electron chi connectivity index (χ4n) is 1.65. The average Bonchev–Trinajstić information content (AvgIpc) is 2.32. The van der Waals surface area contributed by atoms with E-state index in [-0.39, 0.29) is 12.5 Å². The Labute approximate surface area is 110 Å². The molecule has 3 nitrogen and oxygen atoms in total. The summed E-state index contributed by atoms with van der Waals surface area (Å²) in [4.78, 5) is 13.9. The first kappa shape index (κ1) is 16.7. The molecular weight excluding hydrogens is 238 g/mol. The Bertz CT molecular complexity index is 219. The third-order valence-electron chi connectivity index (χ3n) is 2.85. The van der Waals surface area contributed by atoms with Crippen molar-refractivity contribution in [1.29, 1.82) is 0 Å². The molecule has 0 aromatic carbocycles. The number of hydrogen-bond donors (Lipinski definition) is 1. The second-order valence-corrected chi connectivity index (χ2v) is 5.36. The smallest absolute Gasteiger partial charge is 0.229 e. The molecule has 0 rings (SSSR count). The first-order chi connectivity index (χ1) is 7.99. The van der Waals surface area contributed by atoms with E-state index in [4.69, 9.17) is 16.7 Å². The molecule has 0 unspecified atom stereocenters. The van der Waals surface area contributed by atoms with Crippen molar-refractivity contribution in [1.82, 2.24) is 4.90 Å². The zero-order valence-electron chi connectivity index (χ0n) is 11.3. The van der Waals surface area contributed by atoms with Gasteiger partial charge in [0.05, 0.1) is 12.0 Å². The van der Waals surface area contributed by atoms with Gasteiger partial charge < -0.3 is 10.0 Å². The van der Waals surface area contributed by atoms with E-state index in [1.165, 1.54) is 12.8 Å². The molecule has 0 spiro atoms. The van der Waals surface area contributed by atoms with E-state index in [0.29, 0.717) is 12.4 Å². The fourth-order valence-corrected chi connectivity index (χ4v) is 1.76. The van der Waals surface area contributed by atoms with Crippen LogP contribution in [0, 0.1) is 5.41 Å². The van der Waals surface area contributed by atoms with Gasteiger partial charge in [0.1, 0.15) is 0 Å². The van der Waals surface area contributed by atoms with Gasteiger partial charge in [-0.05, 0) is 20.3 Å². The number of nitrogens with zero attached hydrogens (tertiary/aromatic N) is 1. The number of aliphatic hydroxyl groups is 1. The van der Waals surface area contributed by atoms with E-state index < -0.39 is 5.41 Å². The molecule has 0 atom stereocenters. The van der Waals surface area contributed by atoms with Crippen molar-refractivity contribution >= 4 is 17.5 Å². The minimum absolute atomic E-state index is 0.0118. The molecule has 0 heterocycles. The molecule has 17 heavy (non-hydrogen) atoms. The lowest BCUT2D eigenvalue weighted by Crippen LogP contribution is -2.43. The van der Waals surface area contributed by atoms with E-state index in [1.54, 1.807) is 4.90 Å². The van der Waals surface area contributed by atoms with E-state index in [2.05, 4.69) is 6.92 Å². The van der Waals surface area contributed by atoms with Crippen LogP contribution in [0.4, 0.5) is 0 Å². The van der Waals surface area contributed by atoms with Crippen LogP contribution in [0.15, 0.2) is 0 Å². The number of alkyl halides is 1. The number of aliphatic hydroxyl groups excluding tert-OH is 1. The van der Waals surface area contributed by atoms with Gasteiger partial charge in [0.2, 0.25) is 5.91 Å². The fraction of sp³-hybridized carbons (Fsp3) is 0.923. The summed E-state index contributed by atoms with van der Waals surface area (Å²) in [5.41, 5.74) is -0.540. The highest BCUT2D eigenvalue weighted by Crippen LogP contribution is 2.21. The van der Waals surface area contributed by atoms with Gasteiger partial charge in [-0.2, -0.15) is 0 Å². The Hall–Kier alpha value is -0.280. The van der Waals surface area contributed by atoms with Crippen LogP contribution in [0.1, 0.15) is 46.5 Å². The molecule has 0 aromatic heterocycles. The highest BCUT2D eigenvalue weighted by Gasteiger charge is 2.30. The Morgan fingerprint density at radius 1 is 1.24 bits per heavy atom. The maximum atomic E-state index is 12.2. The largest absolute Gasteiger partial charge is 0.395 e. The highest BCUT2D eigenvalue weighted by atomic mass is 35.5. The number of amides is 1. The second kappa shape index (κ2) is 8.76. The van der Waals surface area contributed by atoms with Crippen LogP contribution in [-0.2, 0) is 4.79 Å². The van der Waals surface area contributed by atoms with E-state index in [0.717, 1.165) is 19.4 Å². The Balaban J connectivity index is 4.26. The van der Waals surface area contributed by atoms with Gasteiger partial charge >= 0.3 is 0 Å². The summed E-state index contributed by atoms with van der Waals surface area (Å²) in [5.74, 6) is 0.348. The minimum Gasteiger partial charge on any atom is -0.395 e. The van der Waals surface area contributed by atoms with Crippen LogP contribution in [0.5, 0.6) is 0 Å². The van der Waals surface area contributed by atoms with Crippen LogP contribution < -0.4 is 0 Å². The Kier molecular flexibility index (Phi) is 8.61. The van der Waals surface area contributed by atoms with Crippen LogP contribution in [0.3, 0.4) is 0 Å². The van der Waals surface area contributed by atoms with Gasteiger partial charge in [-0.1, -0.05) is 26.2 Å².